The molecule has 3 aromatic rings. The number of hydrogen-bond donors (Lipinski definition) is 1. The van der Waals surface area contributed by atoms with Crippen LogP contribution >= 0.6 is 0 Å². The van der Waals surface area contributed by atoms with Gasteiger partial charge in [-0.25, -0.2) is 4.79 Å². The lowest BCUT2D eigenvalue weighted by atomic mass is 10.1. The first-order valence-electron chi connectivity index (χ1n) is 10.2. The Kier molecular flexibility index (Phi) is 6.42. The molecule has 0 aliphatic carbocycles. The molecule has 1 N–H and O–H groups in total. The Labute approximate surface area is 174 Å². The highest BCUT2D eigenvalue weighted by atomic mass is 16.2. The van der Waals surface area contributed by atoms with Crippen molar-refractivity contribution < 1.29 is 4.79 Å². The molecule has 0 fully saturated rings. The minimum absolute atomic E-state index is 0.0722. The molecular formula is C25H31N3O. The second-order valence-electron chi connectivity index (χ2n) is 8.02. The zero-order valence-electron chi connectivity index (χ0n) is 18.1. The molecule has 0 unspecified atom stereocenters. The van der Waals surface area contributed by atoms with E-state index in [1.54, 1.807) is 0 Å². The van der Waals surface area contributed by atoms with Crippen LogP contribution in [-0.2, 0) is 13.1 Å². The smallest absolute Gasteiger partial charge is 0.322 e. The summed E-state index contributed by atoms with van der Waals surface area (Å²) in [7, 11) is 0. The molecule has 0 saturated heterocycles. The monoisotopic (exact) mass is 389 g/mol. The van der Waals surface area contributed by atoms with Crippen LogP contribution in [-0.4, -0.2) is 21.5 Å². The van der Waals surface area contributed by atoms with Gasteiger partial charge in [-0.3, -0.25) is 0 Å². The van der Waals surface area contributed by atoms with Gasteiger partial charge in [0.05, 0.1) is 6.54 Å². The van der Waals surface area contributed by atoms with Crippen LogP contribution in [0.25, 0.3) is 0 Å². The predicted molar refractivity (Wildman–Crippen MR) is 120 cm³/mol. The Hall–Kier alpha value is -3.01. The molecule has 0 aliphatic heterocycles. The molecule has 0 atom stereocenters. The minimum atomic E-state index is -0.0722. The predicted octanol–water partition coefficient (Wildman–Crippen LogP) is 5.90. The maximum absolute atomic E-state index is 13.1. The van der Waals surface area contributed by atoms with E-state index in [9.17, 15) is 4.79 Å². The fraction of sp³-hybridized carbons (Fsp3) is 0.320. The fourth-order valence-electron chi connectivity index (χ4n) is 3.49. The molecule has 2 amide bonds. The number of aryl methyl sites for hydroxylation is 2. The van der Waals surface area contributed by atoms with Crippen molar-refractivity contribution in [2.24, 2.45) is 0 Å². The van der Waals surface area contributed by atoms with Crippen LogP contribution in [0.5, 0.6) is 0 Å². The second-order valence-corrected chi connectivity index (χ2v) is 8.02. The molecule has 0 saturated carbocycles. The average Bonchev–Trinajstić information content (AvgIpc) is 3.10. The lowest BCUT2D eigenvalue weighted by Gasteiger charge is -2.28. The van der Waals surface area contributed by atoms with E-state index in [0.717, 1.165) is 23.5 Å². The summed E-state index contributed by atoms with van der Waals surface area (Å²) >= 11 is 0. The zero-order valence-corrected chi connectivity index (χ0v) is 18.1. The van der Waals surface area contributed by atoms with Crippen molar-refractivity contribution >= 4 is 11.7 Å². The van der Waals surface area contributed by atoms with E-state index in [1.165, 1.54) is 16.7 Å². The Morgan fingerprint density at radius 2 is 1.79 bits per heavy atom. The number of carbonyl (C=O) groups excluding carboxylic acids is 1. The molecule has 29 heavy (non-hydrogen) atoms. The SMILES string of the molecule is Cc1cccc(Cn2cccc2CN(C(=O)Nc2cccc(C)c2C)C(C)C)c1. The van der Waals surface area contributed by atoms with E-state index in [1.807, 2.05) is 30.0 Å². The number of nitrogens with zero attached hydrogens (tertiary/aromatic N) is 2. The highest BCUT2D eigenvalue weighted by molar-refractivity contribution is 5.90. The van der Waals surface area contributed by atoms with Crippen molar-refractivity contribution in [2.45, 2.75) is 53.8 Å². The lowest BCUT2D eigenvalue weighted by Crippen LogP contribution is -2.40. The molecule has 2 aromatic carbocycles. The largest absolute Gasteiger partial charge is 0.345 e. The van der Waals surface area contributed by atoms with Crippen molar-refractivity contribution in [3.63, 3.8) is 0 Å². The van der Waals surface area contributed by atoms with E-state index in [-0.39, 0.29) is 12.1 Å². The van der Waals surface area contributed by atoms with Crippen LogP contribution in [0.4, 0.5) is 10.5 Å². The maximum atomic E-state index is 13.1. The average molecular weight is 390 g/mol. The van der Waals surface area contributed by atoms with Crippen LogP contribution in [0.15, 0.2) is 60.8 Å². The van der Waals surface area contributed by atoms with E-state index >= 15 is 0 Å². The van der Waals surface area contributed by atoms with E-state index in [0.29, 0.717) is 6.54 Å². The van der Waals surface area contributed by atoms with Gasteiger partial charge in [-0.1, -0.05) is 42.0 Å². The van der Waals surface area contributed by atoms with Gasteiger partial charge in [-0.2, -0.15) is 0 Å². The number of carbonyl (C=O) groups is 1. The van der Waals surface area contributed by atoms with Gasteiger partial charge in [0, 0.05) is 30.2 Å². The van der Waals surface area contributed by atoms with Crippen molar-refractivity contribution in [2.75, 3.05) is 5.32 Å². The quantitative estimate of drug-likeness (QED) is 0.559. The first-order valence-corrected chi connectivity index (χ1v) is 10.2. The van der Waals surface area contributed by atoms with Gasteiger partial charge in [-0.05, 0) is 69.5 Å². The summed E-state index contributed by atoms with van der Waals surface area (Å²) in [6, 6.07) is 18.7. The number of anilines is 1. The number of aromatic nitrogens is 1. The molecule has 4 nitrogen and oxygen atoms in total. The normalized spacial score (nSPS) is 11.0. The Bertz CT molecular complexity index is 987. The minimum Gasteiger partial charge on any atom is -0.345 e. The van der Waals surface area contributed by atoms with Crippen molar-refractivity contribution in [3.8, 4) is 0 Å². The van der Waals surface area contributed by atoms with E-state index in [2.05, 4.69) is 80.2 Å². The van der Waals surface area contributed by atoms with Gasteiger partial charge < -0.3 is 14.8 Å². The van der Waals surface area contributed by atoms with Gasteiger partial charge in [0.2, 0.25) is 0 Å². The highest BCUT2D eigenvalue weighted by Crippen LogP contribution is 2.20. The summed E-state index contributed by atoms with van der Waals surface area (Å²) in [6.45, 7) is 11.7. The second kappa shape index (κ2) is 8.99. The number of nitrogens with one attached hydrogen (secondary N) is 1. The fourth-order valence-corrected chi connectivity index (χ4v) is 3.49. The number of amides is 2. The Morgan fingerprint density at radius 3 is 2.52 bits per heavy atom. The van der Waals surface area contributed by atoms with Crippen LogP contribution in [0.2, 0.25) is 0 Å². The third kappa shape index (κ3) is 5.08. The van der Waals surface area contributed by atoms with Gasteiger partial charge >= 0.3 is 6.03 Å². The molecule has 1 aromatic heterocycles. The van der Waals surface area contributed by atoms with Crippen LogP contribution < -0.4 is 5.32 Å². The number of benzene rings is 2. The summed E-state index contributed by atoms with van der Waals surface area (Å²) in [6.07, 6.45) is 2.08. The standard InChI is InChI=1S/C25H31N3O/c1-18(2)28(25(29)26-24-13-7-10-20(4)21(24)5)17-23-12-8-14-27(23)16-22-11-6-9-19(3)15-22/h6-15,18H,16-17H2,1-5H3,(H,26,29). The van der Waals surface area contributed by atoms with Gasteiger partial charge in [0.1, 0.15) is 0 Å². The molecule has 0 spiro atoms. The Balaban J connectivity index is 1.77. The molecule has 4 heteroatoms. The topological polar surface area (TPSA) is 37.3 Å². The molecule has 1 heterocycles. The third-order valence-electron chi connectivity index (χ3n) is 5.42. The zero-order chi connectivity index (χ0) is 21.0. The summed E-state index contributed by atoms with van der Waals surface area (Å²) in [5, 5.41) is 3.10. The number of hydrogen-bond acceptors (Lipinski definition) is 1. The molecule has 0 aliphatic rings. The van der Waals surface area contributed by atoms with Gasteiger partial charge in [-0.15, -0.1) is 0 Å². The summed E-state index contributed by atoms with van der Waals surface area (Å²) in [5.74, 6) is 0. The number of rotatable bonds is 6. The van der Waals surface area contributed by atoms with E-state index in [4.69, 9.17) is 0 Å². The van der Waals surface area contributed by atoms with Crippen LogP contribution in [0, 0.1) is 20.8 Å². The molecular weight excluding hydrogens is 358 g/mol. The molecule has 3 rings (SSSR count). The lowest BCUT2D eigenvalue weighted by molar-refractivity contribution is 0.192. The molecule has 0 radical (unpaired) electrons. The van der Waals surface area contributed by atoms with Gasteiger partial charge in [0.15, 0.2) is 0 Å². The van der Waals surface area contributed by atoms with E-state index < -0.39 is 0 Å². The van der Waals surface area contributed by atoms with Crippen molar-refractivity contribution in [1.29, 1.82) is 0 Å². The summed E-state index contributed by atoms with van der Waals surface area (Å²) in [5.41, 5.74) is 6.79. The molecule has 152 valence electrons. The maximum Gasteiger partial charge on any atom is 0.322 e. The van der Waals surface area contributed by atoms with Crippen LogP contribution in [0.1, 0.15) is 41.8 Å². The molecule has 0 bridgehead atoms. The number of urea groups is 1. The van der Waals surface area contributed by atoms with Gasteiger partial charge in [0.25, 0.3) is 0 Å². The first-order chi connectivity index (χ1) is 13.8. The van der Waals surface area contributed by atoms with Crippen LogP contribution in [0.3, 0.4) is 0 Å². The first kappa shape index (κ1) is 20.7. The van der Waals surface area contributed by atoms with Crippen molar-refractivity contribution in [3.05, 3.63) is 88.7 Å². The summed E-state index contributed by atoms with van der Waals surface area (Å²) in [4.78, 5) is 14.9. The highest BCUT2D eigenvalue weighted by Gasteiger charge is 2.19. The summed E-state index contributed by atoms with van der Waals surface area (Å²) < 4.78 is 2.22. The third-order valence-corrected chi connectivity index (χ3v) is 5.42. The Morgan fingerprint density at radius 1 is 1.03 bits per heavy atom. The van der Waals surface area contributed by atoms with Crippen molar-refractivity contribution in [1.82, 2.24) is 9.47 Å².